The van der Waals surface area contributed by atoms with Crippen molar-refractivity contribution in [2.45, 2.75) is 26.3 Å². The number of carboxylic acid groups (broad SMARTS) is 1. The molecular formula is C13H15N3O2. The van der Waals surface area contributed by atoms with Crippen LogP contribution < -0.4 is 5.32 Å². The molecule has 0 aromatic carbocycles. The lowest BCUT2D eigenvalue weighted by molar-refractivity contribution is -0.137. The number of nitriles is 1. The normalized spacial score (nSPS) is 11.4. The van der Waals surface area contributed by atoms with Crippen molar-refractivity contribution in [2.24, 2.45) is 0 Å². The second-order valence-electron chi connectivity index (χ2n) is 3.94. The lowest BCUT2D eigenvalue weighted by Gasteiger charge is -2.16. The first-order chi connectivity index (χ1) is 8.49. The van der Waals surface area contributed by atoms with E-state index in [0.29, 0.717) is 16.9 Å². The van der Waals surface area contributed by atoms with Crippen LogP contribution in [0.25, 0.3) is 0 Å². The van der Waals surface area contributed by atoms with Crippen LogP contribution in [-0.2, 0) is 4.79 Å². The third-order valence-corrected chi connectivity index (χ3v) is 2.47. The van der Waals surface area contributed by atoms with E-state index >= 15 is 0 Å². The van der Waals surface area contributed by atoms with Crippen LogP contribution >= 0.6 is 0 Å². The van der Waals surface area contributed by atoms with E-state index in [4.69, 9.17) is 10.4 Å². The van der Waals surface area contributed by atoms with Crippen LogP contribution in [0.15, 0.2) is 18.7 Å². The Morgan fingerprint density at radius 2 is 2.39 bits per heavy atom. The van der Waals surface area contributed by atoms with E-state index in [1.54, 1.807) is 19.9 Å². The molecule has 1 rings (SSSR count). The Labute approximate surface area is 106 Å². The van der Waals surface area contributed by atoms with Gasteiger partial charge in [-0.15, -0.1) is 6.58 Å². The van der Waals surface area contributed by atoms with Crippen LogP contribution in [0, 0.1) is 25.2 Å². The molecule has 0 saturated carbocycles. The molecule has 0 aliphatic heterocycles. The Hall–Kier alpha value is -2.35. The summed E-state index contributed by atoms with van der Waals surface area (Å²) in [5.41, 5.74) is 2.19. The van der Waals surface area contributed by atoms with Crippen molar-refractivity contribution in [3.8, 4) is 6.07 Å². The summed E-state index contributed by atoms with van der Waals surface area (Å²) in [5.74, 6) is -0.981. The van der Waals surface area contributed by atoms with Gasteiger partial charge in [0.2, 0.25) is 0 Å². The van der Waals surface area contributed by atoms with Crippen molar-refractivity contribution >= 4 is 11.7 Å². The van der Waals surface area contributed by atoms with Crippen LogP contribution in [0.2, 0.25) is 0 Å². The Balaban J connectivity index is 3.13. The molecule has 0 aliphatic carbocycles. The van der Waals surface area contributed by atoms with Crippen LogP contribution in [-0.4, -0.2) is 22.1 Å². The number of nitrogens with one attached hydrogen (secondary N) is 1. The van der Waals surface area contributed by atoms with Gasteiger partial charge >= 0.3 is 5.97 Å². The maximum Gasteiger partial charge on any atom is 0.326 e. The standard InChI is InChI=1S/C13H15N3O2/c1-4-5-11(13(17)18)16-12-6-8(2)15-9(3)10(12)7-14/h4,6,11H,1,5H2,2-3H3,(H,15,16)(H,17,18). The first kappa shape index (κ1) is 13.7. The molecule has 0 bridgehead atoms. The largest absolute Gasteiger partial charge is 0.480 e. The zero-order valence-corrected chi connectivity index (χ0v) is 10.4. The molecule has 1 heterocycles. The van der Waals surface area contributed by atoms with Gasteiger partial charge in [-0.25, -0.2) is 4.79 Å². The molecule has 0 amide bonds. The van der Waals surface area contributed by atoms with E-state index in [1.807, 2.05) is 6.07 Å². The minimum Gasteiger partial charge on any atom is -0.480 e. The maximum absolute atomic E-state index is 11.1. The van der Waals surface area contributed by atoms with Gasteiger partial charge in [-0.05, 0) is 26.3 Å². The van der Waals surface area contributed by atoms with Gasteiger partial charge in [0.25, 0.3) is 0 Å². The van der Waals surface area contributed by atoms with Gasteiger partial charge < -0.3 is 10.4 Å². The van der Waals surface area contributed by atoms with Crippen molar-refractivity contribution < 1.29 is 9.90 Å². The second kappa shape index (κ2) is 5.82. The minimum atomic E-state index is -0.981. The maximum atomic E-state index is 11.1. The summed E-state index contributed by atoms with van der Waals surface area (Å²) in [6.07, 6.45) is 1.80. The highest BCUT2D eigenvalue weighted by atomic mass is 16.4. The van der Waals surface area contributed by atoms with E-state index in [9.17, 15) is 4.79 Å². The number of aliphatic carboxylic acids is 1. The fourth-order valence-corrected chi connectivity index (χ4v) is 1.66. The molecule has 0 spiro atoms. The predicted molar refractivity (Wildman–Crippen MR) is 68.3 cm³/mol. The molecule has 1 aromatic rings. The molecule has 18 heavy (non-hydrogen) atoms. The average molecular weight is 245 g/mol. The van der Waals surface area contributed by atoms with Crippen molar-refractivity contribution in [2.75, 3.05) is 5.32 Å². The quantitative estimate of drug-likeness (QED) is 0.775. The minimum absolute atomic E-state index is 0.278. The SMILES string of the molecule is C=CCC(Nc1cc(C)nc(C)c1C#N)C(=O)O. The summed E-state index contributed by atoms with van der Waals surface area (Å²) in [6, 6.07) is 2.91. The number of rotatable bonds is 5. The number of aromatic nitrogens is 1. The molecule has 0 saturated heterocycles. The highest BCUT2D eigenvalue weighted by molar-refractivity contribution is 5.78. The number of hydrogen-bond acceptors (Lipinski definition) is 4. The summed E-state index contributed by atoms with van der Waals surface area (Å²) in [4.78, 5) is 15.2. The van der Waals surface area contributed by atoms with E-state index < -0.39 is 12.0 Å². The van der Waals surface area contributed by atoms with E-state index in [2.05, 4.69) is 16.9 Å². The van der Waals surface area contributed by atoms with Crippen LogP contribution in [0.1, 0.15) is 23.4 Å². The van der Waals surface area contributed by atoms with Gasteiger partial charge in [0, 0.05) is 5.69 Å². The van der Waals surface area contributed by atoms with Crippen molar-refractivity contribution in [3.63, 3.8) is 0 Å². The summed E-state index contributed by atoms with van der Waals surface area (Å²) < 4.78 is 0. The Bertz CT molecular complexity index is 518. The molecule has 1 atom stereocenters. The monoisotopic (exact) mass is 245 g/mol. The van der Waals surface area contributed by atoms with Crippen LogP contribution in [0.5, 0.6) is 0 Å². The fourth-order valence-electron chi connectivity index (χ4n) is 1.66. The predicted octanol–water partition coefficient (Wildman–Crippen LogP) is 2.01. The lowest BCUT2D eigenvalue weighted by atomic mass is 10.1. The Kier molecular flexibility index (Phi) is 4.44. The summed E-state index contributed by atoms with van der Waals surface area (Å²) in [7, 11) is 0. The molecule has 94 valence electrons. The molecular weight excluding hydrogens is 230 g/mol. The van der Waals surface area contributed by atoms with Gasteiger partial charge in [0.1, 0.15) is 12.1 Å². The molecule has 0 aliphatic rings. The topological polar surface area (TPSA) is 86.0 Å². The van der Waals surface area contributed by atoms with E-state index in [0.717, 1.165) is 5.69 Å². The molecule has 5 nitrogen and oxygen atoms in total. The molecule has 5 heteroatoms. The molecule has 1 aromatic heterocycles. The average Bonchev–Trinajstić information content (AvgIpc) is 2.27. The summed E-state index contributed by atoms with van der Waals surface area (Å²) in [5, 5.41) is 21.0. The Morgan fingerprint density at radius 3 is 2.89 bits per heavy atom. The number of carbonyl (C=O) groups is 1. The Morgan fingerprint density at radius 1 is 1.72 bits per heavy atom. The first-order valence-electron chi connectivity index (χ1n) is 5.48. The van der Waals surface area contributed by atoms with E-state index in [1.165, 1.54) is 6.08 Å². The van der Waals surface area contributed by atoms with Crippen molar-refractivity contribution in [1.29, 1.82) is 5.26 Å². The van der Waals surface area contributed by atoms with Gasteiger partial charge in [0.05, 0.1) is 16.9 Å². The first-order valence-corrected chi connectivity index (χ1v) is 5.48. The zero-order chi connectivity index (χ0) is 13.7. The van der Waals surface area contributed by atoms with Gasteiger partial charge in [-0.3, -0.25) is 4.98 Å². The van der Waals surface area contributed by atoms with Crippen LogP contribution in [0.4, 0.5) is 5.69 Å². The number of aryl methyl sites for hydroxylation is 2. The number of nitrogens with zero attached hydrogens (tertiary/aromatic N) is 2. The van der Waals surface area contributed by atoms with Crippen molar-refractivity contribution in [1.82, 2.24) is 4.98 Å². The van der Waals surface area contributed by atoms with Crippen molar-refractivity contribution in [3.05, 3.63) is 35.7 Å². The summed E-state index contributed by atoms with van der Waals surface area (Å²) >= 11 is 0. The summed E-state index contributed by atoms with van der Waals surface area (Å²) in [6.45, 7) is 7.04. The third-order valence-electron chi connectivity index (χ3n) is 2.47. The highest BCUT2D eigenvalue weighted by Gasteiger charge is 2.18. The number of carboxylic acids is 1. The number of anilines is 1. The molecule has 2 N–H and O–H groups in total. The highest BCUT2D eigenvalue weighted by Crippen LogP contribution is 2.20. The van der Waals surface area contributed by atoms with E-state index in [-0.39, 0.29) is 6.42 Å². The molecule has 0 radical (unpaired) electrons. The fraction of sp³-hybridized carbons (Fsp3) is 0.308. The van der Waals surface area contributed by atoms with Gasteiger partial charge in [0.15, 0.2) is 0 Å². The second-order valence-corrected chi connectivity index (χ2v) is 3.94. The lowest BCUT2D eigenvalue weighted by Crippen LogP contribution is -2.29. The number of hydrogen-bond donors (Lipinski definition) is 2. The smallest absolute Gasteiger partial charge is 0.326 e. The zero-order valence-electron chi connectivity index (χ0n) is 10.4. The van der Waals surface area contributed by atoms with Gasteiger partial charge in [-0.2, -0.15) is 5.26 Å². The third kappa shape index (κ3) is 3.08. The molecule has 1 unspecified atom stereocenters. The molecule has 0 fully saturated rings. The van der Waals surface area contributed by atoms with Crippen LogP contribution in [0.3, 0.4) is 0 Å². The number of pyridine rings is 1. The van der Waals surface area contributed by atoms with Gasteiger partial charge in [-0.1, -0.05) is 6.08 Å².